The van der Waals surface area contributed by atoms with Gasteiger partial charge < -0.3 is 14.8 Å². The number of alkyl halides is 9. The zero-order valence-electron chi connectivity index (χ0n) is 22.8. The lowest BCUT2D eigenvalue weighted by atomic mass is 9.88. The van der Waals surface area contributed by atoms with Gasteiger partial charge in [0.2, 0.25) is 0 Å². The third-order valence-corrected chi connectivity index (χ3v) is 7.06. The maximum Gasteiger partial charge on any atom is 0.416 e. The first kappa shape index (κ1) is 32.3. The molecule has 1 N–H and O–H groups in total. The Hall–Kier alpha value is -3.65. The SMILES string of the molecule is CC(C)OC(=O)N1c2ccc(C(F)(F)F)cc2[C@H](NC(=O)OCCc2cc(C(F)(F)F)cc(C(F)(F)F)c2)C[C@@H]1C1CC1. The second kappa shape index (κ2) is 11.8. The number of fused-ring (bicyclic) bond motifs is 1. The van der Waals surface area contributed by atoms with Crippen molar-refractivity contribution in [1.82, 2.24) is 5.32 Å². The summed E-state index contributed by atoms with van der Waals surface area (Å²) in [7, 11) is 0. The highest BCUT2D eigenvalue weighted by Crippen LogP contribution is 2.48. The molecule has 1 saturated carbocycles. The smallest absolute Gasteiger partial charge is 0.416 e. The van der Waals surface area contributed by atoms with Crippen molar-refractivity contribution in [2.24, 2.45) is 5.92 Å². The fraction of sp³-hybridized carbons (Fsp3) is 0.500. The van der Waals surface area contributed by atoms with Gasteiger partial charge in [0.15, 0.2) is 0 Å². The minimum absolute atomic E-state index is 0.000729. The summed E-state index contributed by atoms with van der Waals surface area (Å²) in [6, 6.07) is 2.17. The molecule has 2 atom stereocenters. The van der Waals surface area contributed by atoms with Gasteiger partial charge in [0.25, 0.3) is 0 Å². The second-order valence-electron chi connectivity index (χ2n) is 10.7. The van der Waals surface area contributed by atoms with E-state index in [-0.39, 0.29) is 35.2 Å². The van der Waals surface area contributed by atoms with Crippen LogP contribution in [0, 0.1) is 5.92 Å². The number of nitrogens with one attached hydrogen (secondary N) is 1. The number of nitrogens with zero attached hydrogens (tertiary/aromatic N) is 1. The molecule has 0 aromatic heterocycles. The van der Waals surface area contributed by atoms with E-state index in [2.05, 4.69) is 5.32 Å². The molecule has 4 rings (SSSR count). The van der Waals surface area contributed by atoms with Crippen LogP contribution in [0.4, 0.5) is 54.8 Å². The van der Waals surface area contributed by atoms with Crippen LogP contribution in [0.15, 0.2) is 36.4 Å². The number of alkyl carbamates (subject to hydrolysis) is 1. The number of benzene rings is 2. The number of rotatable bonds is 6. The van der Waals surface area contributed by atoms with Crippen molar-refractivity contribution in [1.29, 1.82) is 0 Å². The molecule has 0 spiro atoms. The van der Waals surface area contributed by atoms with Gasteiger partial charge in [0.1, 0.15) is 0 Å². The van der Waals surface area contributed by atoms with Gasteiger partial charge in [-0.1, -0.05) is 0 Å². The van der Waals surface area contributed by atoms with Gasteiger partial charge in [-0.2, -0.15) is 39.5 Å². The summed E-state index contributed by atoms with van der Waals surface area (Å²) < 4.78 is 130. The number of halogens is 9. The molecular weight excluding hydrogens is 599 g/mol. The van der Waals surface area contributed by atoms with E-state index in [0.717, 1.165) is 31.0 Å². The van der Waals surface area contributed by atoms with E-state index in [4.69, 9.17) is 9.47 Å². The predicted molar refractivity (Wildman–Crippen MR) is 134 cm³/mol. The zero-order chi connectivity index (χ0) is 31.9. The van der Waals surface area contributed by atoms with Gasteiger partial charge in [0, 0.05) is 12.5 Å². The molecule has 236 valence electrons. The Balaban J connectivity index is 1.54. The van der Waals surface area contributed by atoms with E-state index in [1.54, 1.807) is 13.8 Å². The van der Waals surface area contributed by atoms with Crippen molar-refractivity contribution in [3.05, 3.63) is 64.2 Å². The fourth-order valence-corrected chi connectivity index (χ4v) is 5.00. The Kier molecular flexibility index (Phi) is 8.85. The number of carbonyl (C=O) groups is 2. The van der Waals surface area contributed by atoms with Crippen LogP contribution in [-0.4, -0.2) is 30.9 Å². The van der Waals surface area contributed by atoms with Crippen molar-refractivity contribution >= 4 is 17.9 Å². The minimum Gasteiger partial charge on any atom is -0.449 e. The van der Waals surface area contributed by atoms with Gasteiger partial charge in [-0.3, -0.25) is 4.90 Å². The number of hydrogen-bond donors (Lipinski definition) is 1. The molecule has 0 radical (unpaired) electrons. The molecule has 2 amide bonds. The summed E-state index contributed by atoms with van der Waals surface area (Å²) in [6.07, 6.45) is -16.3. The van der Waals surface area contributed by atoms with Crippen LogP contribution in [0.1, 0.15) is 67.0 Å². The van der Waals surface area contributed by atoms with Crippen molar-refractivity contribution in [3.8, 4) is 0 Å². The van der Waals surface area contributed by atoms with Crippen LogP contribution in [0.5, 0.6) is 0 Å². The monoisotopic (exact) mass is 626 g/mol. The molecular formula is C28H27F9N2O4. The average molecular weight is 627 g/mol. The number of amides is 2. The topological polar surface area (TPSA) is 67.9 Å². The third kappa shape index (κ3) is 7.85. The molecule has 1 heterocycles. The predicted octanol–water partition coefficient (Wildman–Crippen LogP) is 8.29. The summed E-state index contributed by atoms with van der Waals surface area (Å²) >= 11 is 0. The number of anilines is 1. The first-order chi connectivity index (χ1) is 19.8. The molecule has 1 fully saturated rings. The van der Waals surface area contributed by atoms with Gasteiger partial charge in [0.05, 0.1) is 41.1 Å². The van der Waals surface area contributed by atoms with Crippen LogP contribution >= 0.6 is 0 Å². The second-order valence-corrected chi connectivity index (χ2v) is 10.7. The van der Waals surface area contributed by atoms with Crippen LogP contribution in [0.3, 0.4) is 0 Å². The van der Waals surface area contributed by atoms with Crippen LogP contribution < -0.4 is 10.2 Å². The van der Waals surface area contributed by atoms with Crippen LogP contribution in [0.2, 0.25) is 0 Å². The van der Waals surface area contributed by atoms with Crippen molar-refractivity contribution in [2.45, 2.75) is 76.2 Å². The highest BCUT2D eigenvalue weighted by molar-refractivity contribution is 5.91. The molecule has 1 aliphatic heterocycles. The first-order valence-corrected chi connectivity index (χ1v) is 13.3. The quantitative estimate of drug-likeness (QED) is 0.328. The normalized spacial score (nSPS) is 19.2. The number of hydrogen-bond acceptors (Lipinski definition) is 4. The van der Waals surface area contributed by atoms with E-state index in [1.165, 1.54) is 4.90 Å². The van der Waals surface area contributed by atoms with Crippen molar-refractivity contribution in [3.63, 3.8) is 0 Å². The van der Waals surface area contributed by atoms with Crippen molar-refractivity contribution in [2.75, 3.05) is 11.5 Å². The molecule has 2 aromatic carbocycles. The van der Waals surface area contributed by atoms with E-state index in [1.807, 2.05) is 0 Å². The number of carbonyl (C=O) groups excluding carboxylic acids is 2. The maximum atomic E-state index is 13.6. The van der Waals surface area contributed by atoms with E-state index in [9.17, 15) is 49.1 Å². The molecule has 6 nitrogen and oxygen atoms in total. The molecule has 15 heteroatoms. The van der Waals surface area contributed by atoms with Gasteiger partial charge in [-0.15, -0.1) is 0 Å². The Morgan fingerprint density at radius 3 is 1.98 bits per heavy atom. The summed E-state index contributed by atoms with van der Waals surface area (Å²) in [5.74, 6) is -0.000729. The van der Waals surface area contributed by atoms with E-state index >= 15 is 0 Å². The molecule has 0 saturated heterocycles. The lowest BCUT2D eigenvalue weighted by molar-refractivity contribution is -0.143. The average Bonchev–Trinajstić information content (AvgIpc) is 3.71. The standard InChI is InChI=1S/C28H27F9N2O4/c1-14(2)43-25(41)39-22-6-5-17(26(29,30)31)12-20(22)21(13-23(39)16-3-4-16)38-24(40)42-8-7-15-9-18(27(32,33)34)11-19(10-15)28(35,36)37/h5-6,9-12,14,16,21,23H,3-4,7-8,13H2,1-2H3,(H,38,40)/t21-,23-/m1/s1. The molecule has 43 heavy (non-hydrogen) atoms. The molecule has 2 aromatic rings. The summed E-state index contributed by atoms with van der Waals surface area (Å²) in [6.45, 7) is 2.61. The van der Waals surface area contributed by atoms with E-state index < -0.39 is 78.6 Å². The fourth-order valence-electron chi connectivity index (χ4n) is 5.00. The molecule has 0 bridgehead atoms. The van der Waals surface area contributed by atoms with Gasteiger partial charge in [-0.25, -0.2) is 9.59 Å². The summed E-state index contributed by atoms with van der Waals surface area (Å²) in [5.41, 5.74) is -4.38. The van der Waals surface area contributed by atoms with Crippen LogP contribution in [0.25, 0.3) is 0 Å². The minimum atomic E-state index is -5.05. The Morgan fingerprint density at radius 2 is 1.47 bits per heavy atom. The number of ether oxygens (including phenoxy) is 2. The molecule has 1 aliphatic carbocycles. The summed E-state index contributed by atoms with van der Waals surface area (Å²) in [5, 5.41) is 2.46. The highest BCUT2D eigenvalue weighted by Gasteiger charge is 2.46. The Bertz CT molecular complexity index is 1320. The zero-order valence-corrected chi connectivity index (χ0v) is 22.8. The Labute approximate surface area is 240 Å². The molecule has 0 unspecified atom stereocenters. The Morgan fingerprint density at radius 1 is 0.884 bits per heavy atom. The lowest BCUT2D eigenvalue weighted by Gasteiger charge is -2.41. The first-order valence-electron chi connectivity index (χ1n) is 13.3. The largest absolute Gasteiger partial charge is 0.449 e. The molecule has 2 aliphatic rings. The third-order valence-electron chi connectivity index (χ3n) is 7.06. The summed E-state index contributed by atoms with van der Waals surface area (Å²) in [4.78, 5) is 27.0. The highest BCUT2D eigenvalue weighted by atomic mass is 19.4. The van der Waals surface area contributed by atoms with Gasteiger partial charge >= 0.3 is 30.7 Å². The maximum absolute atomic E-state index is 13.6. The van der Waals surface area contributed by atoms with E-state index in [0.29, 0.717) is 12.1 Å². The van der Waals surface area contributed by atoms with Crippen LogP contribution in [-0.2, 0) is 34.4 Å². The van der Waals surface area contributed by atoms with Crippen molar-refractivity contribution < 1.29 is 58.6 Å². The lowest BCUT2D eigenvalue weighted by Crippen LogP contribution is -2.49. The van der Waals surface area contributed by atoms with Gasteiger partial charge in [-0.05, 0) is 86.6 Å².